The van der Waals surface area contributed by atoms with Gasteiger partial charge in [0, 0.05) is 18.3 Å². The van der Waals surface area contributed by atoms with Crippen molar-refractivity contribution in [2.45, 2.75) is 19.9 Å². The number of hydrogen-bond acceptors (Lipinski definition) is 4. The molecule has 0 fully saturated rings. The Morgan fingerprint density at radius 2 is 2.36 bits per heavy atom. The van der Waals surface area contributed by atoms with Crippen molar-refractivity contribution < 1.29 is 9.53 Å². The van der Waals surface area contributed by atoms with E-state index in [1.165, 1.54) is 24.1 Å². The predicted molar refractivity (Wildman–Crippen MR) is 49.9 cm³/mol. The molecule has 0 saturated heterocycles. The van der Waals surface area contributed by atoms with E-state index in [2.05, 4.69) is 9.72 Å². The Morgan fingerprint density at radius 3 is 2.93 bits per heavy atom. The minimum atomic E-state index is -0.336. The van der Waals surface area contributed by atoms with Gasteiger partial charge in [-0.1, -0.05) is 0 Å². The average Bonchev–Trinajstić information content (AvgIpc) is 2.16. The van der Waals surface area contributed by atoms with Gasteiger partial charge in [0.1, 0.15) is 0 Å². The summed E-state index contributed by atoms with van der Waals surface area (Å²) in [4.78, 5) is 26.1. The molecule has 1 aromatic rings. The standard InChI is InChI=1S/C9H12N2O3/c1-7-5-8(12)11(6-10-7)4-3-9(13)14-2/h5-6H,3-4H2,1-2H3. The molecule has 0 amide bonds. The third-order valence-corrected chi connectivity index (χ3v) is 1.80. The molecule has 76 valence electrons. The summed E-state index contributed by atoms with van der Waals surface area (Å²) in [5.74, 6) is -0.336. The number of aryl methyl sites for hydroxylation is 2. The quantitative estimate of drug-likeness (QED) is 0.644. The lowest BCUT2D eigenvalue weighted by atomic mass is 10.4. The van der Waals surface area contributed by atoms with Crippen molar-refractivity contribution in [3.8, 4) is 0 Å². The number of esters is 1. The molecule has 0 spiro atoms. The minimum Gasteiger partial charge on any atom is -0.469 e. The van der Waals surface area contributed by atoms with Gasteiger partial charge in [-0.05, 0) is 6.92 Å². The molecular formula is C9H12N2O3. The van der Waals surface area contributed by atoms with E-state index in [0.717, 1.165) is 0 Å². The van der Waals surface area contributed by atoms with E-state index >= 15 is 0 Å². The van der Waals surface area contributed by atoms with Gasteiger partial charge in [-0.3, -0.25) is 14.2 Å². The third-order valence-electron chi connectivity index (χ3n) is 1.80. The van der Waals surface area contributed by atoms with Crippen LogP contribution >= 0.6 is 0 Å². The maximum Gasteiger partial charge on any atom is 0.307 e. The zero-order valence-electron chi connectivity index (χ0n) is 8.19. The predicted octanol–water partition coefficient (Wildman–Crippen LogP) is 0.115. The topological polar surface area (TPSA) is 61.2 Å². The van der Waals surface area contributed by atoms with Gasteiger partial charge in [-0.2, -0.15) is 0 Å². The van der Waals surface area contributed by atoms with E-state index in [4.69, 9.17) is 0 Å². The van der Waals surface area contributed by atoms with Crippen LogP contribution < -0.4 is 5.56 Å². The molecule has 0 bridgehead atoms. The second-order valence-corrected chi connectivity index (χ2v) is 2.89. The van der Waals surface area contributed by atoms with Crippen LogP contribution in [0, 0.1) is 6.92 Å². The first-order chi connectivity index (χ1) is 6.63. The molecule has 0 aliphatic carbocycles. The van der Waals surface area contributed by atoms with Crippen LogP contribution in [-0.2, 0) is 16.1 Å². The fourth-order valence-electron chi connectivity index (χ4n) is 0.998. The van der Waals surface area contributed by atoms with Crippen molar-refractivity contribution in [3.05, 3.63) is 28.4 Å². The molecule has 0 atom stereocenters. The van der Waals surface area contributed by atoms with Gasteiger partial charge in [0.15, 0.2) is 0 Å². The SMILES string of the molecule is COC(=O)CCn1cnc(C)cc1=O. The number of hydrogen-bond donors (Lipinski definition) is 0. The van der Waals surface area contributed by atoms with Crippen molar-refractivity contribution in [2.75, 3.05) is 7.11 Å². The lowest BCUT2D eigenvalue weighted by Crippen LogP contribution is -2.21. The van der Waals surface area contributed by atoms with Gasteiger partial charge in [0.25, 0.3) is 5.56 Å². The molecule has 1 rings (SSSR count). The van der Waals surface area contributed by atoms with Crippen LogP contribution in [0.3, 0.4) is 0 Å². The molecule has 5 nitrogen and oxygen atoms in total. The number of ether oxygens (including phenoxy) is 1. The van der Waals surface area contributed by atoms with E-state index in [-0.39, 0.29) is 17.9 Å². The lowest BCUT2D eigenvalue weighted by Gasteiger charge is -2.03. The fourth-order valence-corrected chi connectivity index (χ4v) is 0.998. The molecule has 0 unspecified atom stereocenters. The smallest absolute Gasteiger partial charge is 0.307 e. The van der Waals surface area contributed by atoms with E-state index in [1.807, 2.05) is 0 Å². The van der Waals surface area contributed by atoms with Gasteiger partial charge in [0.2, 0.25) is 0 Å². The van der Waals surface area contributed by atoms with E-state index in [1.54, 1.807) is 6.92 Å². The summed E-state index contributed by atoms with van der Waals surface area (Å²) in [6.07, 6.45) is 1.61. The Balaban J connectivity index is 2.68. The first kappa shape index (κ1) is 10.4. The van der Waals surface area contributed by atoms with Crippen LogP contribution in [0.4, 0.5) is 0 Å². The number of rotatable bonds is 3. The number of nitrogens with zero attached hydrogens (tertiary/aromatic N) is 2. The lowest BCUT2D eigenvalue weighted by molar-refractivity contribution is -0.140. The van der Waals surface area contributed by atoms with E-state index in [9.17, 15) is 9.59 Å². The summed E-state index contributed by atoms with van der Waals surface area (Å²) in [5, 5.41) is 0. The van der Waals surface area contributed by atoms with Crippen LogP contribution in [0.15, 0.2) is 17.2 Å². The second-order valence-electron chi connectivity index (χ2n) is 2.89. The van der Waals surface area contributed by atoms with Crippen LogP contribution in [0.2, 0.25) is 0 Å². The molecule has 0 aromatic carbocycles. The molecule has 0 aliphatic heterocycles. The summed E-state index contributed by atoms with van der Waals surface area (Å²) >= 11 is 0. The van der Waals surface area contributed by atoms with Crippen molar-refractivity contribution in [3.63, 3.8) is 0 Å². The third kappa shape index (κ3) is 2.69. The Labute approximate surface area is 81.3 Å². The zero-order chi connectivity index (χ0) is 10.6. The van der Waals surface area contributed by atoms with Crippen LogP contribution in [0.25, 0.3) is 0 Å². The zero-order valence-corrected chi connectivity index (χ0v) is 8.19. The molecule has 14 heavy (non-hydrogen) atoms. The largest absolute Gasteiger partial charge is 0.469 e. The van der Waals surface area contributed by atoms with Crippen molar-refractivity contribution in [2.24, 2.45) is 0 Å². The molecule has 1 aromatic heterocycles. The maximum atomic E-state index is 11.3. The Bertz CT molecular complexity index is 384. The number of carbonyl (C=O) groups excluding carboxylic acids is 1. The second kappa shape index (κ2) is 4.55. The van der Waals surface area contributed by atoms with Gasteiger partial charge >= 0.3 is 5.97 Å². The number of aromatic nitrogens is 2. The monoisotopic (exact) mass is 196 g/mol. The number of carbonyl (C=O) groups is 1. The molecular weight excluding hydrogens is 184 g/mol. The minimum absolute atomic E-state index is 0.151. The normalized spacial score (nSPS) is 9.86. The highest BCUT2D eigenvalue weighted by Crippen LogP contribution is 1.90. The maximum absolute atomic E-state index is 11.3. The summed E-state index contributed by atoms with van der Waals surface area (Å²) in [6.45, 7) is 2.05. The summed E-state index contributed by atoms with van der Waals surface area (Å²) < 4.78 is 5.84. The van der Waals surface area contributed by atoms with Gasteiger partial charge in [0.05, 0.1) is 19.9 Å². The van der Waals surface area contributed by atoms with Crippen molar-refractivity contribution in [1.82, 2.24) is 9.55 Å². The first-order valence-electron chi connectivity index (χ1n) is 4.23. The summed E-state index contributed by atoms with van der Waals surface area (Å²) in [7, 11) is 1.32. The van der Waals surface area contributed by atoms with Gasteiger partial charge in [-0.15, -0.1) is 0 Å². The highest BCUT2D eigenvalue weighted by atomic mass is 16.5. The van der Waals surface area contributed by atoms with Crippen molar-refractivity contribution in [1.29, 1.82) is 0 Å². The molecule has 0 aliphatic rings. The van der Waals surface area contributed by atoms with Crippen molar-refractivity contribution >= 4 is 5.97 Å². The average molecular weight is 196 g/mol. The molecule has 0 N–H and O–H groups in total. The van der Waals surface area contributed by atoms with Crippen LogP contribution in [-0.4, -0.2) is 22.6 Å². The van der Waals surface area contributed by atoms with Crippen LogP contribution in [0.1, 0.15) is 12.1 Å². The van der Waals surface area contributed by atoms with Gasteiger partial charge in [-0.25, -0.2) is 4.98 Å². The molecule has 1 heterocycles. The van der Waals surface area contributed by atoms with Gasteiger partial charge < -0.3 is 4.74 Å². The Morgan fingerprint density at radius 1 is 1.64 bits per heavy atom. The fraction of sp³-hybridized carbons (Fsp3) is 0.444. The highest BCUT2D eigenvalue weighted by Gasteiger charge is 2.02. The molecule has 0 saturated carbocycles. The molecule has 5 heteroatoms. The number of methoxy groups -OCH3 is 1. The summed E-state index contributed by atoms with van der Waals surface area (Å²) in [6, 6.07) is 1.43. The Hall–Kier alpha value is -1.65. The van der Waals surface area contributed by atoms with Crippen LogP contribution in [0.5, 0.6) is 0 Å². The van der Waals surface area contributed by atoms with E-state index in [0.29, 0.717) is 12.2 Å². The summed E-state index contributed by atoms with van der Waals surface area (Å²) in [5.41, 5.74) is 0.519. The Kier molecular flexibility index (Phi) is 3.39. The highest BCUT2D eigenvalue weighted by molar-refractivity contribution is 5.68. The molecule has 0 radical (unpaired) electrons. The van der Waals surface area contributed by atoms with E-state index < -0.39 is 0 Å². The first-order valence-corrected chi connectivity index (χ1v) is 4.23.